The lowest BCUT2D eigenvalue weighted by atomic mass is 10.3. The van der Waals surface area contributed by atoms with Crippen LogP contribution in [0.15, 0.2) is 17.1 Å². The molecule has 1 aliphatic rings. The molecule has 0 bridgehead atoms. The average molecular weight is 424 g/mol. The maximum atomic E-state index is 13.3. The summed E-state index contributed by atoms with van der Waals surface area (Å²) in [4.78, 5) is 26.5. The fraction of sp³-hybridized carbons (Fsp3) is 0.650. The van der Waals surface area contributed by atoms with Crippen molar-refractivity contribution >= 4 is 28.5 Å². The highest BCUT2D eigenvalue weighted by atomic mass is 35.5. The van der Waals surface area contributed by atoms with Gasteiger partial charge in [-0.15, -0.1) is 0 Å². The molecule has 3 rings (SSSR count). The molecule has 0 atom stereocenters. The summed E-state index contributed by atoms with van der Waals surface area (Å²) >= 11 is 6.08. The molecule has 2 aromatic rings. The second-order valence-corrected chi connectivity index (χ2v) is 7.65. The second kappa shape index (κ2) is 10.9. The maximum Gasteiger partial charge on any atom is 0.294 e. The number of ether oxygens (including phenoxy) is 1. The number of anilines is 1. The topological polar surface area (TPSA) is 83.7 Å². The summed E-state index contributed by atoms with van der Waals surface area (Å²) in [7, 11) is 0. The van der Waals surface area contributed by atoms with Gasteiger partial charge < -0.3 is 24.2 Å². The molecular weight excluding hydrogens is 394 g/mol. The van der Waals surface area contributed by atoms with Gasteiger partial charge in [0.25, 0.3) is 5.56 Å². The fourth-order valence-corrected chi connectivity index (χ4v) is 3.79. The van der Waals surface area contributed by atoms with Crippen LogP contribution < -0.4 is 10.5 Å². The highest BCUT2D eigenvalue weighted by Crippen LogP contribution is 2.18. The van der Waals surface area contributed by atoms with Crippen molar-refractivity contribution in [2.45, 2.75) is 32.7 Å². The Labute approximate surface area is 176 Å². The van der Waals surface area contributed by atoms with Crippen LogP contribution in [0.25, 0.3) is 11.0 Å². The zero-order valence-electron chi connectivity index (χ0n) is 17.0. The van der Waals surface area contributed by atoms with Gasteiger partial charge in [0.1, 0.15) is 10.7 Å². The number of aromatic nitrogens is 3. The van der Waals surface area contributed by atoms with Gasteiger partial charge in [-0.2, -0.15) is 0 Å². The Balaban J connectivity index is 1.88. The monoisotopic (exact) mass is 423 g/mol. The van der Waals surface area contributed by atoms with Gasteiger partial charge in [0, 0.05) is 52.0 Å². The number of rotatable bonds is 9. The van der Waals surface area contributed by atoms with Crippen molar-refractivity contribution in [3.05, 3.63) is 27.8 Å². The maximum absolute atomic E-state index is 13.3. The van der Waals surface area contributed by atoms with Crippen LogP contribution in [0.2, 0.25) is 5.15 Å². The first-order valence-corrected chi connectivity index (χ1v) is 10.7. The minimum Gasteiger partial charge on any atom is -0.396 e. The lowest BCUT2D eigenvalue weighted by Gasteiger charge is -2.23. The van der Waals surface area contributed by atoms with Gasteiger partial charge in [-0.25, -0.2) is 9.97 Å². The second-order valence-electron chi connectivity index (χ2n) is 7.26. The molecule has 0 spiro atoms. The van der Waals surface area contributed by atoms with Gasteiger partial charge in [0.05, 0.1) is 18.3 Å². The molecule has 0 amide bonds. The summed E-state index contributed by atoms with van der Waals surface area (Å²) in [6.45, 7) is 8.01. The number of nitrogens with zero attached hydrogens (tertiary/aromatic N) is 5. The van der Waals surface area contributed by atoms with Crippen molar-refractivity contribution < 1.29 is 9.84 Å². The Bertz CT molecular complexity index is 860. The Morgan fingerprint density at radius 2 is 2.07 bits per heavy atom. The quantitative estimate of drug-likeness (QED) is 0.486. The fourth-order valence-electron chi connectivity index (χ4n) is 3.64. The van der Waals surface area contributed by atoms with Gasteiger partial charge in [0.15, 0.2) is 5.82 Å². The van der Waals surface area contributed by atoms with E-state index in [0.29, 0.717) is 41.8 Å². The molecule has 160 valence electrons. The summed E-state index contributed by atoms with van der Waals surface area (Å²) in [6, 6.07) is 1.69. The van der Waals surface area contributed by atoms with Crippen molar-refractivity contribution in [3.63, 3.8) is 0 Å². The smallest absolute Gasteiger partial charge is 0.294 e. The summed E-state index contributed by atoms with van der Waals surface area (Å²) in [5.74, 6) is 0.459. The first-order chi connectivity index (χ1) is 14.1. The van der Waals surface area contributed by atoms with Crippen molar-refractivity contribution in [1.29, 1.82) is 0 Å². The number of hydrogen-bond donors (Lipinski definition) is 1. The van der Waals surface area contributed by atoms with Gasteiger partial charge in [-0.3, -0.25) is 4.79 Å². The van der Waals surface area contributed by atoms with Crippen molar-refractivity contribution in [3.8, 4) is 0 Å². The molecule has 9 heteroatoms. The Morgan fingerprint density at radius 3 is 2.86 bits per heavy atom. The summed E-state index contributed by atoms with van der Waals surface area (Å²) < 4.78 is 7.31. The molecule has 0 saturated carbocycles. The average Bonchev–Trinajstić information content (AvgIpc) is 2.96. The van der Waals surface area contributed by atoms with Gasteiger partial charge in [-0.05, 0) is 25.8 Å². The number of pyridine rings is 1. The molecule has 8 nitrogen and oxygen atoms in total. The van der Waals surface area contributed by atoms with E-state index in [4.69, 9.17) is 21.4 Å². The van der Waals surface area contributed by atoms with E-state index in [2.05, 4.69) is 26.7 Å². The van der Waals surface area contributed by atoms with Gasteiger partial charge >= 0.3 is 0 Å². The van der Waals surface area contributed by atoms with Crippen LogP contribution in [0.3, 0.4) is 0 Å². The Morgan fingerprint density at radius 1 is 1.21 bits per heavy atom. The standard InChI is InChI=1S/C20H30ClN5O3/c1-2-12-29-13-10-26-17-14-18(21)22-15-16(17)23-19(20(26)28)25-7-3-5-24(8-9-25)6-4-11-27/h14-15,27H,2-13H2,1H3. The molecule has 29 heavy (non-hydrogen) atoms. The van der Waals surface area contributed by atoms with Crippen LogP contribution in [-0.4, -0.2) is 77.1 Å². The van der Waals surface area contributed by atoms with E-state index in [1.54, 1.807) is 16.8 Å². The van der Waals surface area contributed by atoms with Crippen LogP contribution in [-0.2, 0) is 11.3 Å². The van der Waals surface area contributed by atoms with E-state index >= 15 is 0 Å². The number of hydrogen-bond acceptors (Lipinski definition) is 7. The van der Waals surface area contributed by atoms with Gasteiger partial charge in [0.2, 0.25) is 0 Å². The third kappa shape index (κ3) is 5.66. The van der Waals surface area contributed by atoms with E-state index in [1.165, 1.54) is 0 Å². The third-order valence-corrected chi connectivity index (χ3v) is 5.32. The molecule has 3 heterocycles. The van der Waals surface area contributed by atoms with E-state index in [0.717, 1.165) is 52.0 Å². The Hall–Kier alpha value is -1.74. The summed E-state index contributed by atoms with van der Waals surface area (Å²) in [5.41, 5.74) is 1.21. The highest BCUT2D eigenvalue weighted by Gasteiger charge is 2.21. The number of fused-ring (bicyclic) bond motifs is 1. The van der Waals surface area contributed by atoms with Crippen molar-refractivity contribution in [1.82, 2.24) is 19.4 Å². The van der Waals surface area contributed by atoms with E-state index in [1.807, 2.05) is 0 Å². The summed E-state index contributed by atoms with van der Waals surface area (Å²) in [6.07, 6.45) is 4.28. The number of aliphatic hydroxyl groups is 1. The zero-order chi connectivity index (χ0) is 20.6. The van der Waals surface area contributed by atoms with Crippen LogP contribution >= 0.6 is 11.6 Å². The first kappa shape index (κ1) is 22.0. The zero-order valence-corrected chi connectivity index (χ0v) is 17.8. The van der Waals surface area contributed by atoms with Gasteiger partial charge in [-0.1, -0.05) is 18.5 Å². The van der Waals surface area contributed by atoms with Crippen LogP contribution in [0.1, 0.15) is 26.2 Å². The number of aliphatic hydroxyl groups excluding tert-OH is 1. The van der Waals surface area contributed by atoms with Crippen LogP contribution in [0, 0.1) is 0 Å². The predicted octanol–water partition coefficient (Wildman–Crippen LogP) is 1.77. The SMILES string of the molecule is CCCOCCn1c(=O)c(N2CCCN(CCCO)CC2)nc2cnc(Cl)cc21. The molecule has 1 aliphatic heterocycles. The molecular formula is C20H30ClN5O3. The molecule has 1 fully saturated rings. The molecule has 0 radical (unpaired) electrons. The lowest BCUT2D eigenvalue weighted by Crippen LogP contribution is -2.37. The van der Waals surface area contributed by atoms with Crippen LogP contribution in [0.5, 0.6) is 0 Å². The molecule has 0 aromatic carbocycles. The van der Waals surface area contributed by atoms with Crippen LogP contribution in [0.4, 0.5) is 5.82 Å². The predicted molar refractivity (Wildman–Crippen MR) is 115 cm³/mol. The largest absolute Gasteiger partial charge is 0.396 e. The molecule has 0 unspecified atom stereocenters. The van der Waals surface area contributed by atoms with Crippen molar-refractivity contribution in [2.24, 2.45) is 0 Å². The van der Waals surface area contributed by atoms with E-state index < -0.39 is 0 Å². The van der Waals surface area contributed by atoms with Crippen molar-refractivity contribution in [2.75, 3.05) is 57.4 Å². The molecule has 0 aliphatic carbocycles. The first-order valence-electron chi connectivity index (χ1n) is 10.4. The third-order valence-electron chi connectivity index (χ3n) is 5.11. The molecule has 1 saturated heterocycles. The highest BCUT2D eigenvalue weighted by molar-refractivity contribution is 6.29. The number of halogens is 1. The summed E-state index contributed by atoms with van der Waals surface area (Å²) in [5, 5.41) is 9.41. The van der Waals surface area contributed by atoms with E-state index in [-0.39, 0.29) is 12.2 Å². The minimum absolute atomic E-state index is 0.122. The van der Waals surface area contributed by atoms with E-state index in [9.17, 15) is 4.79 Å². The Kier molecular flexibility index (Phi) is 8.23. The lowest BCUT2D eigenvalue weighted by molar-refractivity contribution is 0.127. The normalized spacial score (nSPS) is 15.8. The molecule has 2 aromatic heterocycles. The minimum atomic E-state index is -0.122. The molecule has 1 N–H and O–H groups in total.